The molecule has 0 saturated heterocycles. The van der Waals surface area contributed by atoms with Crippen LogP contribution in [0.1, 0.15) is 5.56 Å². The first-order valence-corrected chi connectivity index (χ1v) is 8.27. The highest BCUT2D eigenvalue weighted by atomic mass is 79.9. The van der Waals surface area contributed by atoms with Gasteiger partial charge in [0.05, 0.1) is 3.79 Å². The van der Waals surface area contributed by atoms with Crippen molar-refractivity contribution in [1.29, 1.82) is 0 Å². The Bertz CT molecular complexity index is 665. The summed E-state index contributed by atoms with van der Waals surface area (Å²) in [7, 11) is -3.61. The Kier molecular flexibility index (Phi) is 3.96. The van der Waals surface area contributed by atoms with E-state index in [9.17, 15) is 8.42 Å². The Balaban J connectivity index is 2.33. The zero-order valence-electron chi connectivity index (χ0n) is 9.15. The van der Waals surface area contributed by atoms with E-state index in [-0.39, 0.29) is 15.2 Å². The topological polar surface area (TPSA) is 59.1 Å². The van der Waals surface area contributed by atoms with Gasteiger partial charge in [-0.2, -0.15) is 0 Å². The first-order valence-electron chi connectivity index (χ1n) is 4.80. The summed E-state index contributed by atoms with van der Waals surface area (Å²) in [4.78, 5) is 3.88. The van der Waals surface area contributed by atoms with E-state index in [2.05, 4.69) is 25.6 Å². The summed E-state index contributed by atoms with van der Waals surface area (Å²) in [6.45, 7) is 1.83. The van der Waals surface area contributed by atoms with Crippen molar-refractivity contribution < 1.29 is 8.42 Å². The number of aryl methyl sites for hydroxylation is 1. The monoisotopic (exact) mass is 366 g/mol. The largest absolute Gasteiger partial charge is 0.272 e. The number of pyridine rings is 1. The molecule has 4 nitrogen and oxygen atoms in total. The molecule has 0 aliphatic heterocycles. The maximum absolute atomic E-state index is 12.1. The Labute approximate surface area is 122 Å². The van der Waals surface area contributed by atoms with Crippen molar-refractivity contribution in [1.82, 2.24) is 4.98 Å². The normalized spacial score (nSPS) is 11.5. The lowest BCUT2D eigenvalue weighted by Gasteiger charge is -2.04. The Morgan fingerprint density at radius 3 is 2.72 bits per heavy atom. The molecule has 0 aromatic carbocycles. The minimum absolute atomic E-state index is 0.199. The van der Waals surface area contributed by atoms with E-state index in [1.54, 1.807) is 24.3 Å². The second kappa shape index (κ2) is 5.16. The molecule has 0 fully saturated rings. The van der Waals surface area contributed by atoms with Crippen LogP contribution in [0.5, 0.6) is 0 Å². The van der Waals surface area contributed by atoms with Gasteiger partial charge in [-0.3, -0.25) is 4.72 Å². The molecule has 2 aromatic heterocycles. The third-order valence-electron chi connectivity index (χ3n) is 2.05. The number of halogens is 2. The van der Waals surface area contributed by atoms with E-state index < -0.39 is 10.0 Å². The standard InChI is InChI=1S/C10H8BrClN2O2S2/c1-6-5-9(17-10(6)11)18(15,16)14-8-4-2-3-7(12)13-8/h2-5H,1H3,(H,13,14). The van der Waals surface area contributed by atoms with Gasteiger partial charge in [-0.25, -0.2) is 13.4 Å². The van der Waals surface area contributed by atoms with Crippen molar-refractivity contribution >= 4 is 54.7 Å². The summed E-state index contributed by atoms with van der Waals surface area (Å²) in [5.74, 6) is 0.199. The first-order chi connectivity index (χ1) is 8.38. The average Bonchev–Trinajstić information content (AvgIpc) is 2.59. The molecule has 0 unspecified atom stereocenters. The molecule has 0 bridgehead atoms. The lowest BCUT2D eigenvalue weighted by atomic mass is 10.4. The van der Waals surface area contributed by atoms with Crippen LogP contribution in [0.4, 0.5) is 5.82 Å². The molecule has 2 heterocycles. The molecule has 2 rings (SSSR count). The van der Waals surface area contributed by atoms with Crippen molar-refractivity contribution in [3.05, 3.63) is 38.8 Å². The van der Waals surface area contributed by atoms with Crippen molar-refractivity contribution in [2.24, 2.45) is 0 Å². The summed E-state index contributed by atoms with van der Waals surface area (Å²) >= 11 is 10.1. The van der Waals surface area contributed by atoms with Crippen LogP contribution in [-0.2, 0) is 10.0 Å². The number of nitrogens with zero attached hydrogens (tertiary/aromatic N) is 1. The van der Waals surface area contributed by atoms with E-state index in [1.165, 1.54) is 0 Å². The summed E-state index contributed by atoms with van der Waals surface area (Å²) in [5.41, 5.74) is 0.874. The average molecular weight is 368 g/mol. The molecular weight excluding hydrogens is 360 g/mol. The van der Waals surface area contributed by atoms with Crippen LogP contribution in [0.2, 0.25) is 5.15 Å². The lowest BCUT2D eigenvalue weighted by molar-refractivity contribution is 0.603. The molecule has 0 aliphatic carbocycles. The highest BCUT2D eigenvalue weighted by molar-refractivity contribution is 9.11. The Morgan fingerprint density at radius 2 is 2.17 bits per heavy atom. The minimum atomic E-state index is -3.61. The van der Waals surface area contributed by atoms with Gasteiger partial charge in [0.15, 0.2) is 0 Å². The number of anilines is 1. The molecular formula is C10H8BrClN2O2S2. The highest BCUT2D eigenvalue weighted by Gasteiger charge is 2.18. The quantitative estimate of drug-likeness (QED) is 0.842. The fourth-order valence-electron chi connectivity index (χ4n) is 1.22. The molecule has 0 saturated carbocycles. The fourth-order valence-corrected chi connectivity index (χ4v) is 4.61. The predicted molar refractivity (Wildman–Crippen MR) is 76.8 cm³/mol. The summed E-state index contributed by atoms with van der Waals surface area (Å²) in [5, 5.41) is 0.235. The van der Waals surface area contributed by atoms with Crippen LogP contribution in [0.25, 0.3) is 0 Å². The third-order valence-corrected chi connectivity index (χ3v) is 6.23. The van der Waals surface area contributed by atoms with Gasteiger partial charge < -0.3 is 0 Å². The minimum Gasteiger partial charge on any atom is -0.263 e. The smallest absolute Gasteiger partial charge is 0.263 e. The molecule has 0 radical (unpaired) electrons. The molecule has 8 heteroatoms. The molecule has 2 aromatic rings. The van der Waals surface area contributed by atoms with Crippen LogP contribution >= 0.6 is 38.9 Å². The zero-order chi connectivity index (χ0) is 13.3. The number of aromatic nitrogens is 1. The van der Waals surface area contributed by atoms with Gasteiger partial charge in [0.1, 0.15) is 15.2 Å². The second-order valence-electron chi connectivity index (χ2n) is 3.47. The van der Waals surface area contributed by atoms with Gasteiger partial charge in [0, 0.05) is 0 Å². The van der Waals surface area contributed by atoms with Gasteiger partial charge >= 0.3 is 0 Å². The number of hydrogen-bond donors (Lipinski definition) is 1. The number of nitrogens with one attached hydrogen (secondary N) is 1. The van der Waals surface area contributed by atoms with Gasteiger partial charge in [-0.1, -0.05) is 17.7 Å². The molecule has 18 heavy (non-hydrogen) atoms. The van der Waals surface area contributed by atoms with E-state index in [1.807, 2.05) is 6.92 Å². The van der Waals surface area contributed by atoms with Crippen LogP contribution in [0, 0.1) is 6.92 Å². The maximum atomic E-state index is 12.1. The number of thiophene rings is 1. The fraction of sp³-hybridized carbons (Fsp3) is 0.100. The van der Waals surface area contributed by atoms with Crippen molar-refractivity contribution in [3.8, 4) is 0 Å². The number of sulfonamides is 1. The number of rotatable bonds is 3. The predicted octanol–water partition coefficient (Wildman–Crippen LogP) is 3.67. The van der Waals surface area contributed by atoms with Crippen LogP contribution in [-0.4, -0.2) is 13.4 Å². The summed E-state index contributed by atoms with van der Waals surface area (Å²) < 4.78 is 27.6. The van der Waals surface area contributed by atoms with E-state index in [0.717, 1.165) is 20.7 Å². The maximum Gasteiger partial charge on any atom is 0.272 e. The molecule has 0 aliphatic rings. The van der Waals surface area contributed by atoms with E-state index in [0.29, 0.717) is 0 Å². The van der Waals surface area contributed by atoms with Crippen LogP contribution in [0.3, 0.4) is 0 Å². The summed E-state index contributed by atoms with van der Waals surface area (Å²) in [6, 6.07) is 6.34. The first kappa shape index (κ1) is 13.8. The van der Waals surface area contributed by atoms with Crippen LogP contribution in [0.15, 0.2) is 32.3 Å². The zero-order valence-corrected chi connectivity index (χ0v) is 13.1. The second-order valence-corrected chi connectivity index (χ2v) is 8.14. The lowest BCUT2D eigenvalue weighted by Crippen LogP contribution is -2.12. The number of hydrogen-bond acceptors (Lipinski definition) is 4. The van der Waals surface area contributed by atoms with E-state index >= 15 is 0 Å². The Morgan fingerprint density at radius 1 is 1.44 bits per heavy atom. The van der Waals surface area contributed by atoms with E-state index in [4.69, 9.17) is 11.6 Å². The molecule has 1 N–H and O–H groups in total. The van der Waals surface area contributed by atoms with Gasteiger partial charge in [-0.15, -0.1) is 11.3 Å². The molecule has 0 atom stereocenters. The van der Waals surface area contributed by atoms with Crippen molar-refractivity contribution in [2.45, 2.75) is 11.1 Å². The SMILES string of the molecule is Cc1cc(S(=O)(=O)Nc2cccc(Cl)n2)sc1Br. The molecule has 0 amide bonds. The Hall–Kier alpha value is -0.630. The van der Waals surface area contributed by atoms with Gasteiger partial charge in [-0.05, 0) is 46.6 Å². The van der Waals surface area contributed by atoms with Gasteiger partial charge in [0.25, 0.3) is 10.0 Å². The molecule has 96 valence electrons. The third kappa shape index (κ3) is 3.03. The molecule has 0 spiro atoms. The highest BCUT2D eigenvalue weighted by Crippen LogP contribution is 2.31. The van der Waals surface area contributed by atoms with Crippen LogP contribution < -0.4 is 4.72 Å². The van der Waals surface area contributed by atoms with Crippen molar-refractivity contribution in [2.75, 3.05) is 4.72 Å². The van der Waals surface area contributed by atoms with Crippen molar-refractivity contribution in [3.63, 3.8) is 0 Å². The summed E-state index contributed by atoms with van der Waals surface area (Å²) in [6.07, 6.45) is 0. The van der Waals surface area contributed by atoms with Gasteiger partial charge in [0.2, 0.25) is 0 Å².